The van der Waals surface area contributed by atoms with Crippen molar-refractivity contribution in [2.24, 2.45) is 0 Å². The molecule has 0 bridgehead atoms. The van der Waals surface area contributed by atoms with E-state index >= 15 is 0 Å². The van der Waals surface area contributed by atoms with Crippen molar-refractivity contribution in [3.8, 4) is 0 Å². The lowest BCUT2D eigenvalue weighted by molar-refractivity contribution is -0.139. The van der Waals surface area contributed by atoms with Crippen LogP contribution in [-0.4, -0.2) is 25.8 Å². The van der Waals surface area contributed by atoms with Gasteiger partial charge in [-0.2, -0.15) is 26.3 Å². The van der Waals surface area contributed by atoms with Gasteiger partial charge in [0, 0.05) is 0 Å². The maximum absolute atomic E-state index is 13.7. The standard InChI is InChI=1S/C23H16Cl2F8I2N2O2/c1-10(36-18(38)9-21(27,34)35)37-20(39)13-4-2-11(6-15(13)23(31,32)33)3-5-14(22(28,29)30)12-7-16(24)19(26)17(25)8-12/h2-8,10,14H,9H2,1H3,(H,36,38)(H,37,39)/b5-3+/t10-,14?/m1/s1. The number of alkyl halides is 9. The van der Waals surface area contributed by atoms with E-state index in [-0.39, 0.29) is 5.56 Å². The highest BCUT2D eigenvalue weighted by molar-refractivity contribution is 14.2. The van der Waals surface area contributed by atoms with Crippen LogP contribution in [0.15, 0.2) is 36.4 Å². The SMILES string of the molecule is C[C@H](NC(=O)CC(F)(I)I)NC(=O)c1ccc(/C=C/C(c2cc(Cl)c(F)c(Cl)c2)C(F)(F)F)cc1C(F)(F)F. The zero-order valence-electron chi connectivity index (χ0n) is 19.3. The molecule has 2 N–H and O–H groups in total. The predicted octanol–water partition coefficient (Wildman–Crippen LogP) is 8.59. The van der Waals surface area contributed by atoms with Gasteiger partial charge in [-0.15, -0.1) is 0 Å². The van der Waals surface area contributed by atoms with Crippen molar-refractivity contribution < 1.29 is 44.7 Å². The van der Waals surface area contributed by atoms with Gasteiger partial charge in [-0.25, -0.2) is 8.78 Å². The van der Waals surface area contributed by atoms with Crippen molar-refractivity contribution in [3.63, 3.8) is 0 Å². The maximum Gasteiger partial charge on any atom is 0.417 e. The average molecular weight is 829 g/mol. The zero-order chi connectivity index (χ0) is 29.9. The van der Waals surface area contributed by atoms with Crippen LogP contribution in [0.1, 0.15) is 46.3 Å². The lowest BCUT2D eigenvalue weighted by Gasteiger charge is -2.20. The number of hydrogen-bond acceptors (Lipinski definition) is 2. The highest BCUT2D eigenvalue weighted by atomic mass is 127. The van der Waals surface area contributed by atoms with E-state index in [1.54, 1.807) is 0 Å². The van der Waals surface area contributed by atoms with Gasteiger partial charge in [-0.3, -0.25) is 9.59 Å². The number of carbonyl (C=O) groups excluding carboxylic acids is 2. The Kier molecular flexibility index (Phi) is 11.3. The summed E-state index contributed by atoms with van der Waals surface area (Å²) in [6.07, 6.45) is -10.5. The van der Waals surface area contributed by atoms with E-state index in [2.05, 4.69) is 10.6 Å². The van der Waals surface area contributed by atoms with Crippen molar-refractivity contribution in [1.82, 2.24) is 10.6 Å². The highest BCUT2D eigenvalue weighted by Crippen LogP contribution is 2.40. The lowest BCUT2D eigenvalue weighted by atomic mass is 9.96. The van der Waals surface area contributed by atoms with Crippen LogP contribution in [0.4, 0.5) is 35.1 Å². The molecule has 1 unspecified atom stereocenters. The molecular formula is C23H16Cl2F8I2N2O2. The monoisotopic (exact) mass is 828 g/mol. The highest BCUT2D eigenvalue weighted by Gasteiger charge is 2.40. The first-order chi connectivity index (χ1) is 17.7. The van der Waals surface area contributed by atoms with Crippen LogP contribution in [0.2, 0.25) is 10.0 Å². The van der Waals surface area contributed by atoms with Gasteiger partial charge in [0.2, 0.25) is 7.59 Å². The molecule has 0 saturated heterocycles. The molecule has 0 radical (unpaired) electrons. The molecular weight excluding hydrogens is 813 g/mol. The Bertz CT molecular complexity index is 1240. The molecule has 2 aromatic carbocycles. The number of rotatable bonds is 8. The summed E-state index contributed by atoms with van der Waals surface area (Å²) in [5.41, 5.74) is -3.21. The molecule has 4 nitrogen and oxygen atoms in total. The molecule has 0 spiro atoms. The molecule has 16 heteroatoms. The lowest BCUT2D eigenvalue weighted by Crippen LogP contribution is -2.46. The van der Waals surface area contributed by atoms with Crippen molar-refractivity contribution in [3.05, 3.63) is 74.5 Å². The molecule has 0 aromatic heterocycles. The number of nitrogens with one attached hydrogen (secondary N) is 2. The molecule has 0 heterocycles. The summed E-state index contributed by atoms with van der Waals surface area (Å²) in [4.78, 5) is 24.3. The first-order valence-electron chi connectivity index (χ1n) is 10.5. The Labute approximate surface area is 254 Å². The summed E-state index contributed by atoms with van der Waals surface area (Å²) in [6, 6.07) is 3.60. The molecule has 39 heavy (non-hydrogen) atoms. The third kappa shape index (κ3) is 10.2. The van der Waals surface area contributed by atoms with Crippen LogP contribution in [0, 0.1) is 5.82 Å². The fourth-order valence-corrected chi connectivity index (χ4v) is 4.45. The van der Waals surface area contributed by atoms with Crippen molar-refractivity contribution in [2.45, 2.75) is 39.5 Å². The van der Waals surface area contributed by atoms with Gasteiger partial charge < -0.3 is 10.6 Å². The number of allylic oxidation sites excluding steroid dienone is 1. The van der Waals surface area contributed by atoms with Gasteiger partial charge in [0.05, 0.1) is 39.7 Å². The molecule has 0 aliphatic heterocycles. The number of hydrogen-bond donors (Lipinski definition) is 2. The Balaban J connectivity index is 2.36. The van der Waals surface area contributed by atoms with E-state index in [0.717, 1.165) is 18.2 Å². The molecule has 2 aromatic rings. The molecule has 2 rings (SSSR count). The Morgan fingerprint density at radius 3 is 2.03 bits per heavy atom. The second kappa shape index (κ2) is 13.1. The Morgan fingerprint density at radius 2 is 1.54 bits per heavy atom. The first-order valence-corrected chi connectivity index (χ1v) is 13.4. The van der Waals surface area contributed by atoms with Crippen LogP contribution in [0.3, 0.4) is 0 Å². The van der Waals surface area contributed by atoms with Gasteiger partial charge in [0.25, 0.3) is 5.91 Å². The van der Waals surface area contributed by atoms with Gasteiger partial charge >= 0.3 is 12.4 Å². The van der Waals surface area contributed by atoms with Crippen LogP contribution in [0.5, 0.6) is 0 Å². The van der Waals surface area contributed by atoms with Crippen molar-refractivity contribution >= 4 is 86.3 Å². The minimum atomic E-state index is -5.08. The number of benzene rings is 2. The summed E-state index contributed by atoms with van der Waals surface area (Å²) in [6.45, 7) is 1.24. The molecule has 0 aliphatic carbocycles. The maximum atomic E-state index is 13.7. The molecule has 0 fully saturated rings. The largest absolute Gasteiger partial charge is 0.417 e. The van der Waals surface area contributed by atoms with Crippen LogP contribution in [-0.2, 0) is 11.0 Å². The Hall–Kier alpha value is -1.40. The van der Waals surface area contributed by atoms with Gasteiger partial charge in [0.1, 0.15) is 0 Å². The second-order valence-corrected chi connectivity index (χ2v) is 14.3. The molecule has 0 saturated carbocycles. The molecule has 2 amide bonds. The predicted molar refractivity (Wildman–Crippen MR) is 147 cm³/mol. The zero-order valence-corrected chi connectivity index (χ0v) is 25.1. The van der Waals surface area contributed by atoms with Crippen LogP contribution < -0.4 is 10.6 Å². The molecule has 0 aliphatic rings. The number of carbonyl (C=O) groups is 2. The van der Waals surface area contributed by atoms with Crippen LogP contribution >= 0.6 is 68.4 Å². The summed E-state index contributed by atoms with van der Waals surface area (Å²) in [5, 5.41) is 3.00. The third-order valence-corrected chi connectivity index (χ3v) is 6.19. The second-order valence-electron chi connectivity index (χ2n) is 8.03. The molecule has 2 atom stereocenters. The minimum Gasteiger partial charge on any atom is -0.336 e. The number of halogens is 12. The van der Waals surface area contributed by atoms with Crippen molar-refractivity contribution in [2.75, 3.05) is 0 Å². The fourth-order valence-electron chi connectivity index (χ4n) is 3.25. The van der Waals surface area contributed by atoms with E-state index in [9.17, 15) is 44.7 Å². The van der Waals surface area contributed by atoms with Gasteiger partial charge in [-0.1, -0.05) is 41.4 Å². The quantitative estimate of drug-likeness (QED) is 0.0922. The number of amides is 2. The van der Waals surface area contributed by atoms with E-state index in [1.165, 1.54) is 52.1 Å². The normalized spacial score (nSPS) is 14.3. The fraction of sp³-hybridized carbons (Fsp3) is 0.304. The van der Waals surface area contributed by atoms with E-state index in [1.807, 2.05) is 0 Å². The smallest absolute Gasteiger partial charge is 0.336 e. The van der Waals surface area contributed by atoms with E-state index in [0.29, 0.717) is 24.3 Å². The van der Waals surface area contributed by atoms with Crippen LogP contribution in [0.25, 0.3) is 6.08 Å². The van der Waals surface area contributed by atoms with Crippen molar-refractivity contribution in [1.29, 1.82) is 0 Å². The van der Waals surface area contributed by atoms with E-state index in [4.69, 9.17) is 23.2 Å². The van der Waals surface area contributed by atoms with Gasteiger partial charge in [0.15, 0.2) is 5.82 Å². The third-order valence-electron chi connectivity index (χ3n) is 4.88. The minimum absolute atomic E-state index is 0.336. The summed E-state index contributed by atoms with van der Waals surface area (Å²) >= 11 is 13.9. The Morgan fingerprint density at radius 1 is 0.974 bits per heavy atom. The topological polar surface area (TPSA) is 58.2 Å². The molecule has 214 valence electrons. The average Bonchev–Trinajstić information content (AvgIpc) is 2.74. The van der Waals surface area contributed by atoms with Gasteiger partial charge in [-0.05, 0) is 87.5 Å². The summed E-state index contributed by atoms with van der Waals surface area (Å²) in [7, 11) is 0. The van der Waals surface area contributed by atoms with E-state index < -0.39 is 76.9 Å². The summed E-state index contributed by atoms with van der Waals surface area (Å²) < 4.78 is 108. The summed E-state index contributed by atoms with van der Waals surface area (Å²) in [5.74, 6) is -5.59. The first kappa shape index (κ1) is 33.8.